The molecule has 0 aliphatic carbocycles. The van der Waals surface area contributed by atoms with Gasteiger partial charge in [0.05, 0.1) is 17.6 Å². The van der Waals surface area contributed by atoms with E-state index in [2.05, 4.69) is 25.6 Å². The Morgan fingerprint density at radius 1 is 1.45 bits per heavy atom. The smallest absolute Gasteiger partial charge is 0.335 e. The largest absolute Gasteiger partial charge is 0.478 e. The molecule has 106 valence electrons. The summed E-state index contributed by atoms with van der Waals surface area (Å²) >= 11 is 3.13. The Morgan fingerprint density at radius 3 is 2.65 bits per heavy atom. The average Bonchev–Trinajstić information content (AvgIpc) is 2.79. The van der Waals surface area contributed by atoms with Crippen LogP contribution in [-0.2, 0) is 17.1 Å². The van der Waals surface area contributed by atoms with Gasteiger partial charge in [-0.05, 0) is 34.1 Å². The van der Waals surface area contributed by atoms with Crippen LogP contribution < -0.4 is 4.72 Å². The molecule has 0 aliphatic rings. The number of rotatable bonds is 4. The van der Waals surface area contributed by atoms with Gasteiger partial charge < -0.3 is 9.67 Å². The normalized spacial score (nSPS) is 11.3. The van der Waals surface area contributed by atoms with E-state index in [-0.39, 0.29) is 16.3 Å². The van der Waals surface area contributed by atoms with Crippen molar-refractivity contribution >= 4 is 37.6 Å². The highest BCUT2D eigenvalue weighted by molar-refractivity contribution is 9.10. The van der Waals surface area contributed by atoms with E-state index in [1.807, 2.05) is 0 Å². The van der Waals surface area contributed by atoms with E-state index in [4.69, 9.17) is 5.11 Å². The van der Waals surface area contributed by atoms with Gasteiger partial charge in [-0.1, -0.05) is 0 Å². The highest BCUT2D eigenvalue weighted by atomic mass is 79.9. The lowest BCUT2D eigenvalue weighted by atomic mass is 10.2. The Morgan fingerprint density at radius 2 is 2.15 bits per heavy atom. The number of nitrogens with one attached hydrogen (secondary N) is 1. The maximum absolute atomic E-state index is 12.1. The Balaban J connectivity index is 2.32. The number of carboxylic acid groups (broad SMARTS) is 1. The molecule has 0 bridgehead atoms. The van der Waals surface area contributed by atoms with Crippen molar-refractivity contribution in [1.82, 2.24) is 9.55 Å². The Kier molecular flexibility index (Phi) is 3.82. The van der Waals surface area contributed by atoms with Crippen molar-refractivity contribution in [2.24, 2.45) is 7.05 Å². The molecule has 0 saturated carbocycles. The van der Waals surface area contributed by atoms with Crippen LogP contribution >= 0.6 is 15.9 Å². The van der Waals surface area contributed by atoms with Crippen LogP contribution in [0.4, 0.5) is 5.69 Å². The number of aromatic carboxylic acids is 1. The molecular formula is C11H10BrN3O4S. The summed E-state index contributed by atoms with van der Waals surface area (Å²) in [6, 6.07) is 4.00. The number of carbonyl (C=O) groups is 1. The van der Waals surface area contributed by atoms with E-state index >= 15 is 0 Å². The molecule has 2 rings (SSSR count). The molecule has 1 aromatic heterocycles. The molecule has 0 fully saturated rings. The van der Waals surface area contributed by atoms with Crippen molar-refractivity contribution in [3.05, 3.63) is 40.8 Å². The molecule has 0 radical (unpaired) electrons. The first-order valence-electron chi connectivity index (χ1n) is 5.33. The summed E-state index contributed by atoms with van der Waals surface area (Å²) in [6.07, 6.45) is 2.74. The summed E-state index contributed by atoms with van der Waals surface area (Å²) in [5.41, 5.74) is 0.290. The van der Waals surface area contributed by atoms with Gasteiger partial charge in [0.15, 0.2) is 5.03 Å². The highest BCUT2D eigenvalue weighted by Crippen LogP contribution is 2.25. The molecule has 0 aliphatic heterocycles. The second kappa shape index (κ2) is 5.25. The quantitative estimate of drug-likeness (QED) is 0.864. The van der Waals surface area contributed by atoms with Crippen LogP contribution in [-0.4, -0.2) is 29.0 Å². The average molecular weight is 360 g/mol. The first-order valence-corrected chi connectivity index (χ1v) is 7.61. The van der Waals surface area contributed by atoms with Crippen LogP contribution in [0.15, 0.2) is 40.2 Å². The molecule has 20 heavy (non-hydrogen) atoms. The Bertz CT molecular complexity index is 770. The van der Waals surface area contributed by atoms with Crippen molar-refractivity contribution in [3.8, 4) is 0 Å². The van der Waals surface area contributed by atoms with Crippen LogP contribution in [0.25, 0.3) is 0 Å². The van der Waals surface area contributed by atoms with E-state index in [1.54, 1.807) is 7.05 Å². The van der Waals surface area contributed by atoms with Crippen LogP contribution in [0.5, 0.6) is 0 Å². The van der Waals surface area contributed by atoms with Crippen LogP contribution in [0.2, 0.25) is 0 Å². The number of halogens is 1. The molecule has 2 aromatic rings. The Hall–Kier alpha value is -1.87. The van der Waals surface area contributed by atoms with E-state index < -0.39 is 16.0 Å². The number of nitrogens with zero attached hydrogens (tertiary/aromatic N) is 2. The fraction of sp³-hybridized carbons (Fsp3) is 0.0909. The molecule has 1 heterocycles. The van der Waals surface area contributed by atoms with Gasteiger partial charge in [-0.25, -0.2) is 9.78 Å². The van der Waals surface area contributed by atoms with Crippen molar-refractivity contribution in [2.75, 3.05) is 4.72 Å². The van der Waals surface area contributed by atoms with Gasteiger partial charge in [-0.15, -0.1) is 0 Å². The number of sulfonamides is 1. The number of aromatic nitrogens is 2. The first-order chi connectivity index (χ1) is 9.29. The maximum Gasteiger partial charge on any atom is 0.335 e. The molecule has 1 aromatic carbocycles. The van der Waals surface area contributed by atoms with E-state index in [1.165, 1.54) is 35.3 Å². The molecule has 0 unspecified atom stereocenters. The molecular weight excluding hydrogens is 350 g/mol. The van der Waals surface area contributed by atoms with Gasteiger partial charge in [-0.2, -0.15) is 8.42 Å². The molecule has 2 N–H and O–H groups in total. The minimum Gasteiger partial charge on any atom is -0.478 e. The van der Waals surface area contributed by atoms with Crippen LogP contribution in [0.1, 0.15) is 10.4 Å². The minimum absolute atomic E-state index is 0.0534. The summed E-state index contributed by atoms with van der Waals surface area (Å²) in [7, 11) is -2.15. The zero-order valence-electron chi connectivity index (χ0n) is 10.2. The van der Waals surface area contributed by atoms with Crippen molar-refractivity contribution in [3.63, 3.8) is 0 Å². The number of imidazole rings is 1. The number of anilines is 1. The number of hydrogen-bond acceptors (Lipinski definition) is 4. The maximum atomic E-state index is 12.1. The lowest BCUT2D eigenvalue weighted by molar-refractivity contribution is 0.0697. The zero-order chi connectivity index (χ0) is 14.9. The summed E-state index contributed by atoms with van der Waals surface area (Å²) in [5.74, 6) is -1.09. The first kappa shape index (κ1) is 14.5. The van der Waals surface area contributed by atoms with E-state index in [0.29, 0.717) is 4.47 Å². The number of carboxylic acids is 1. The number of aryl methyl sites for hydroxylation is 1. The van der Waals surface area contributed by atoms with Gasteiger partial charge in [0.2, 0.25) is 0 Å². The lowest BCUT2D eigenvalue weighted by Crippen LogP contribution is -2.14. The molecule has 9 heteroatoms. The zero-order valence-corrected chi connectivity index (χ0v) is 12.6. The summed E-state index contributed by atoms with van der Waals surface area (Å²) in [6.45, 7) is 0. The van der Waals surface area contributed by atoms with Gasteiger partial charge >= 0.3 is 5.97 Å². The lowest BCUT2D eigenvalue weighted by Gasteiger charge is -2.08. The van der Waals surface area contributed by atoms with Crippen LogP contribution in [0.3, 0.4) is 0 Å². The topological polar surface area (TPSA) is 101 Å². The number of hydrogen-bond donors (Lipinski definition) is 2. The second-order valence-electron chi connectivity index (χ2n) is 3.98. The fourth-order valence-corrected chi connectivity index (χ4v) is 3.13. The van der Waals surface area contributed by atoms with E-state index in [0.717, 1.165) is 0 Å². The third-order valence-electron chi connectivity index (χ3n) is 2.42. The summed E-state index contributed by atoms with van der Waals surface area (Å²) in [5, 5.41) is 8.72. The summed E-state index contributed by atoms with van der Waals surface area (Å²) < 4.78 is 28.3. The number of benzene rings is 1. The second-order valence-corrected chi connectivity index (χ2v) is 6.47. The van der Waals surface area contributed by atoms with Gasteiger partial charge in [0, 0.05) is 17.7 Å². The van der Waals surface area contributed by atoms with Crippen molar-refractivity contribution in [1.29, 1.82) is 0 Å². The van der Waals surface area contributed by atoms with Gasteiger partial charge in [0.25, 0.3) is 10.0 Å². The monoisotopic (exact) mass is 359 g/mol. The summed E-state index contributed by atoms with van der Waals surface area (Å²) in [4.78, 5) is 14.6. The third kappa shape index (κ3) is 2.99. The predicted molar refractivity (Wildman–Crippen MR) is 75.1 cm³/mol. The predicted octanol–water partition coefficient (Wildman–Crippen LogP) is 1.68. The SMILES string of the molecule is Cn1cnc(S(=O)(=O)Nc2ccc(C(=O)O)cc2Br)c1. The van der Waals surface area contributed by atoms with Crippen LogP contribution in [0, 0.1) is 0 Å². The van der Waals surface area contributed by atoms with Crippen molar-refractivity contribution < 1.29 is 18.3 Å². The van der Waals surface area contributed by atoms with Gasteiger partial charge in [-0.3, -0.25) is 4.72 Å². The third-order valence-corrected chi connectivity index (χ3v) is 4.32. The minimum atomic E-state index is -3.81. The molecule has 0 spiro atoms. The highest BCUT2D eigenvalue weighted by Gasteiger charge is 2.18. The van der Waals surface area contributed by atoms with Crippen molar-refractivity contribution in [2.45, 2.75) is 5.03 Å². The van der Waals surface area contributed by atoms with E-state index in [9.17, 15) is 13.2 Å². The molecule has 0 saturated heterocycles. The molecule has 0 amide bonds. The molecule has 0 atom stereocenters. The molecule has 7 nitrogen and oxygen atoms in total. The van der Waals surface area contributed by atoms with Gasteiger partial charge in [0.1, 0.15) is 0 Å². The fourth-order valence-electron chi connectivity index (χ4n) is 1.46. The standard InChI is InChI=1S/C11H10BrN3O4S/c1-15-5-10(13-6-15)20(18,19)14-9-3-2-7(11(16)17)4-8(9)12/h2-6,14H,1H3,(H,16,17). The Labute approximate surface area is 123 Å².